The molecular formula is C20H28ClN3O2. The summed E-state index contributed by atoms with van der Waals surface area (Å²) in [6.07, 6.45) is 11.9. The van der Waals surface area contributed by atoms with Crippen LogP contribution in [0.1, 0.15) is 68.1 Å². The fraction of sp³-hybridized carbons (Fsp3) is 0.700. The second-order valence-electron chi connectivity index (χ2n) is 7.98. The number of nitrogens with zero attached hydrogens (tertiary/aromatic N) is 2. The van der Waals surface area contributed by atoms with Crippen LogP contribution in [0.15, 0.2) is 12.3 Å². The Morgan fingerprint density at radius 2 is 2.00 bits per heavy atom. The highest BCUT2D eigenvalue weighted by Crippen LogP contribution is 2.40. The van der Waals surface area contributed by atoms with Crippen molar-refractivity contribution in [2.45, 2.75) is 69.4 Å². The highest BCUT2D eigenvalue weighted by molar-refractivity contribution is 6.33. The third-order valence-corrected chi connectivity index (χ3v) is 6.37. The molecule has 6 heteroatoms. The first-order valence-corrected chi connectivity index (χ1v) is 10.4. The van der Waals surface area contributed by atoms with E-state index in [0.717, 1.165) is 58.2 Å². The number of halogens is 1. The first-order chi connectivity index (χ1) is 12.7. The molecule has 2 saturated heterocycles. The van der Waals surface area contributed by atoms with Crippen LogP contribution in [-0.4, -0.2) is 47.1 Å². The van der Waals surface area contributed by atoms with Crippen molar-refractivity contribution in [1.29, 1.82) is 0 Å². The Bertz CT molecular complexity index is 654. The lowest BCUT2D eigenvalue weighted by molar-refractivity contribution is -0.0767. The summed E-state index contributed by atoms with van der Waals surface area (Å²) < 4.78 is 6.10. The van der Waals surface area contributed by atoms with Gasteiger partial charge in [-0.3, -0.25) is 4.79 Å². The minimum Gasteiger partial charge on any atom is -0.375 e. The summed E-state index contributed by atoms with van der Waals surface area (Å²) in [6.45, 7) is 2.46. The molecule has 0 bridgehead atoms. The van der Waals surface area contributed by atoms with Crippen molar-refractivity contribution in [3.63, 3.8) is 0 Å². The van der Waals surface area contributed by atoms with E-state index in [4.69, 9.17) is 16.3 Å². The molecule has 26 heavy (non-hydrogen) atoms. The molecule has 1 aromatic heterocycles. The van der Waals surface area contributed by atoms with Gasteiger partial charge in [0.1, 0.15) is 5.82 Å². The standard InChI is InChI=1S/C20H28ClN3O2/c21-17-12-15(19(25)24-9-4-1-5-10-24)14-22-18(17)23-16-6-11-26-20(13-16)7-2-3-8-20/h12,14,16H,1-11,13H2,(H,22,23). The molecule has 142 valence electrons. The number of aromatic nitrogens is 1. The number of hydrogen-bond acceptors (Lipinski definition) is 4. The second-order valence-corrected chi connectivity index (χ2v) is 8.39. The number of hydrogen-bond donors (Lipinski definition) is 1. The number of nitrogens with one attached hydrogen (secondary N) is 1. The van der Waals surface area contributed by atoms with Crippen LogP contribution < -0.4 is 5.32 Å². The molecule has 1 amide bonds. The molecule has 3 aliphatic rings. The topological polar surface area (TPSA) is 54.5 Å². The van der Waals surface area contributed by atoms with Gasteiger partial charge in [-0.25, -0.2) is 4.98 Å². The number of likely N-dealkylation sites (tertiary alicyclic amines) is 1. The molecule has 1 unspecified atom stereocenters. The van der Waals surface area contributed by atoms with Crippen LogP contribution in [0.25, 0.3) is 0 Å². The Morgan fingerprint density at radius 1 is 1.23 bits per heavy atom. The third kappa shape index (κ3) is 3.84. The number of carbonyl (C=O) groups excluding carboxylic acids is 1. The summed E-state index contributed by atoms with van der Waals surface area (Å²) in [5.41, 5.74) is 0.647. The normalized spacial score (nSPS) is 25.4. The summed E-state index contributed by atoms with van der Waals surface area (Å²) in [6, 6.07) is 2.09. The van der Waals surface area contributed by atoms with Gasteiger partial charge in [-0.2, -0.15) is 0 Å². The Hall–Kier alpha value is -1.33. The second kappa shape index (κ2) is 7.73. The van der Waals surface area contributed by atoms with Crippen LogP contribution in [0.2, 0.25) is 5.02 Å². The van der Waals surface area contributed by atoms with Gasteiger partial charge in [0.15, 0.2) is 0 Å². The van der Waals surface area contributed by atoms with Gasteiger partial charge in [-0.15, -0.1) is 0 Å². The van der Waals surface area contributed by atoms with E-state index < -0.39 is 0 Å². The van der Waals surface area contributed by atoms with E-state index in [1.54, 1.807) is 12.3 Å². The molecule has 1 aliphatic carbocycles. The molecule has 1 spiro atoms. The molecule has 5 nitrogen and oxygen atoms in total. The van der Waals surface area contributed by atoms with Crippen molar-refractivity contribution in [3.05, 3.63) is 22.8 Å². The Kier molecular flexibility index (Phi) is 5.37. The molecular weight excluding hydrogens is 350 g/mol. The molecule has 3 heterocycles. The fourth-order valence-electron chi connectivity index (χ4n) is 4.65. The van der Waals surface area contributed by atoms with Crippen molar-refractivity contribution < 1.29 is 9.53 Å². The molecule has 0 aromatic carbocycles. The summed E-state index contributed by atoms with van der Waals surface area (Å²) >= 11 is 6.46. The van der Waals surface area contributed by atoms with Gasteiger partial charge in [0.05, 0.1) is 16.2 Å². The van der Waals surface area contributed by atoms with Crippen molar-refractivity contribution in [2.75, 3.05) is 25.0 Å². The predicted molar refractivity (Wildman–Crippen MR) is 103 cm³/mol. The number of anilines is 1. The van der Waals surface area contributed by atoms with E-state index in [1.807, 2.05) is 4.90 Å². The van der Waals surface area contributed by atoms with Crippen LogP contribution in [0, 0.1) is 0 Å². The smallest absolute Gasteiger partial charge is 0.255 e. The molecule has 0 radical (unpaired) electrons. The van der Waals surface area contributed by atoms with Gasteiger partial charge in [-0.05, 0) is 51.0 Å². The van der Waals surface area contributed by atoms with Crippen molar-refractivity contribution in [2.24, 2.45) is 0 Å². The minimum absolute atomic E-state index is 0.0432. The van der Waals surface area contributed by atoms with E-state index in [-0.39, 0.29) is 11.5 Å². The minimum atomic E-state index is 0.0432. The molecule has 2 aliphatic heterocycles. The Balaban J connectivity index is 1.42. The van der Waals surface area contributed by atoms with Gasteiger partial charge in [0.2, 0.25) is 0 Å². The summed E-state index contributed by atoms with van der Waals surface area (Å²) in [5.74, 6) is 0.725. The zero-order valence-corrected chi connectivity index (χ0v) is 16.1. The van der Waals surface area contributed by atoms with E-state index in [2.05, 4.69) is 10.3 Å². The highest BCUT2D eigenvalue weighted by atomic mass is 35.5. The van der Waals surface area contributed by atoms with E-state index >= 15 is 0 Å². The molecule has 3 fully saturated rings. The van der Waals surface area contributed by atoms with E-state index in [1.165, 1.54) is 19.3 Å². The number of carbonyl (C=O) groups is 1. The SMILES string of the molecule is O=C(c1cnc(NC2CCOC3(CCCC3)C2)c(Cl)c1)N1CCCCC1. The largest absolute Gasteiger partial charge is 0.375 e. The van der Waals surface area contributed by atoms with Crippen molar-refractivity contribution >= 4 is 23.3 Å². The molecule has 1 aromatic rings. The zero-order valence-electron chi connectivity index (χ0n) is 15.3. The van der Waals surface area contributed by atoms with Crippen LogP contribution in [0.4, 0.5) is 5.82 Å². The lowest BCUT2D eigenvalue weighted by Gasteiger charge is -2.38. The van der Waals surface area contributed by atoms with Crippen LogP contribution in [0.5, 0.6) is 0 Å². The molecule has 4 rings (SSSR count). The first-order valence-electron chi connectivity index (χ1n) is 10.0. The zero-order chi connectivity index (χ0) is 18.0. The fourth-order valence-corrected chi connectivity index (χ4v) is 4.87. The average Bonchev–Trinajstić information content (AvgIpc) is 3.11. The summed E-state index contributed by atoms with van der Waals surface area (Å²) in [7, 11) is 0. The maximum Gasteiger partial charge on any atom is 0.255 e. The maximum absolute atomic E-state index is 12.6. The third-order valence-electron chi connectivity index (χ3n) is 6.08. The number of rotatable bonds is 3. The molecule has 1 saturated carbocycles. The first kappa shape index (κ1) is 18.1. The van der Waals surface area contributed by atoms with Crippen molar-refractivity contribution in [1.82, 2.24) is 9.88 Å². The van der Waals surface area contributed by atoms with E-state index in [0.29, 0.717) is 22.4 Å². The van der Waals surface area contributed by atoms with Gasteiger partial charge in [0, 0.05) is 31.9 Å². The van der Waals surface area contributed by atoms with Crippen LogP contribution in [-0.2, 0) is 4.74 Å². The van der Waals surface area contributed by atoms with Crippen LogP contribution in [0.3, 0.4) is 0 Å². The number of piperidine rings is 1. The van der Waals surface area contributed by atoms with Gasteiger partial charge in [0.25, 0.3) is 5.91 Å². The van der Waals surface area contributed by atoms with Gasteiger partial charge < -0.3 is 15.0 Å². The summed E-state index contributed by atoms with van der Waals surface area (Å²) in [5, 5.41) is 4.03. The number of amides is 1. The van der Waals surface area contributed by atoms with Crippen LogP contribution >= 0.6 is 11.6 Å². The van der Waals surface area contributed by atoms with E-state index in [9.17, 15) is 4.79 Å². The lowest BCUT2D eigenvalue weighted by Crippen LogP contribution is -2.42. The van der Waals surface area contributed by atoms with Gasteiger partial charge >= 0.3 is 0 Å². The lowest BCUT2D eigenvalue weighted by atomic mass is 9.89. The Labute approximate surface area is 160 Å². The van der Waals surface area contributed by atoms with Gasteiger partial charge in [-0.1, -0.05) is 24.4 Å². The summed E-state index contributed by atoms with van der Waals surface area (Å²) in [4.78, 5) is 19.0. The van der Waals surface area contributed by atoms with Crippen molar-refractivity contribution in [3.8, 4) is 0 Å². The number of ether oxygens (including phenoxy) is 1. The average molecular weight is 378 g/mol. The quantitative estimate of drug-likeness (QED) is 0.854. The Morgan fingerprint density at radius 3 is 2.73 bits per heavy atom. The number of pyridine rings is 1. The maximum atomic E-state index is 12.6. The molecule has 1 N–H and O–H groups in total. The molecule has 1 atom stereocenters. The predicted octanol–water partition coefficient (Wildman–Crippen LogP) is 4.26. The monoisotopic (exact) mass is 377 g/mol. The highest BCUT2D eigenvalue weighted by Gasteiger charge is 2.40.